The van der Waals surface area contributed by atoms with E-state index >= 15 is 0 Å². The molecule has 0 aliphatic carbocycles. The number of hydrogen-bond acceptors (Lipinski definition) is 5. The molecule has 1 aliphatic heterocycles. The Morgan fingerprint density at radius 2 is 1.90 bits per heavy atom. The molecule has 1 aromatic rings. The van der Waals surface area contributed by atoms with E-state index in [1.165, 1.54) is 6.20 Å². The summed E-state index contributed by atoms with van der Waals surface area (Å²) in [6, 6.07) is 1.59. The Labute approximate surface area is 118 Å². The van der Waals surface area contributed by atoms with Gasteiger partial charge in [0.1, 0.15) is 5.75 Å². The van der Waals surface area contributed by atoms with Crippen molar-refractivity contribution in [2.75, 3.05) is 0 Å². The third kappa shape index (κ3) is 2.64. The van der Waals surface area contributed by atoms with Crippen molar-refractivity contribution >= 4 is 18.5 Å². The number of carbonyl (C=O) groups excluding carboxylic acids is 1. The summed E-state index contributed by atoms with van der Waals surface area (Å²) in [6.07, 6.45) is 1.28. The van der Waals surface area contributed by atoms with Crippen LogP contribution in [0.2, 0.25) is 0 Å². The van der Waals surface area contributed by atoms with E-state index in [9.17, 15) is 9.90 Å². The fourth-order valence-corrected chi connectivity index (χ4v) is 1.94. The molecule has 1 amide bonds. The van der Waals surface area contributed by atoms with Crippen molar-refractivity contribution in [1.82, 2.24) is 4.98 Å². The first-order chi connectivity index (χ1) is 9.12. The maximum atomic E-state index is 10.9. The number of pyridine rings is 1. The molecule has 0 spiro atoms. The lowest BCUT2D eigenvalue weighted by Crippen LogP contribution is -2.41. The Bertz CT molecular complexity index is 529. The van der Waals surface area contributed by atoms with Crippen LogP contribution in [0.5, 0.6) is 5.75 Å². The van der Waals surface area contributed by atoms with Gasteiger partial charge in [-0.05, 0) is 33.8 Å². The van der Waals surface area contributed by atoms with Crippen LogP contribution in [0.15, 0.2) is 12.3 Å². The number of hydrogen-bond donors (Lipinski definition) is 2. The van der Waals surface area contributed by atoms with Gasteiger partial charge in [0, 0.05) is 11.2 Å². The van der Waals surface area contributed by atoms with Gasteiger partial charge in [-0.3, -0.25) is 9.78 Å². The second-order valence-corrected chi connectivity index (χ2v) is 5.97. The molecule has 1 fully saturated rings. The monoisotopic (exact) mass is 278 g/mol. The van der Waals surface area contributed by atoms with Crippen LogP contribution >= 0.6 is 0 Å². The van der Waals surface area contributed by atoms with Crippen LogP contribution in [0.25, 0.3) is 0 Å². The Morgan fingerprint density at radius 1 is 1.35 bits per heavy atom. The van der Waals surface area contributed by atoms with E-state index in [4.69, 9.17) is 15.0 Å². The largest absolute Gasteiger partial charge is 0.507 e. The highest BCUT2D eigenvalue weighted by Crippen LogP contribution is 2.37. The van der Waals surface area contributed by atoms with Crippen molar-refractivity contribution in [3.8, 4) is 5.75 Å². The van der Waals surface area contributed by atoms with E-state index in [1.54, 1.807) is 6.07 Å². The van der Waals surface area contributed by atoms with Crippen LogP contribution < -0.4 is 11.2 Å². The molecule has 0 radical (unpaired) electrons. The predicted molar refractivity (Wildman–Crippen MR) is 74.5 cm³/mol. The summed E-state index contributed by atoms with van der Waals surface area (Å²) in [7, 11) is -0.699. The van der Waals surface area contributed by atoms with Crippen LogP contribution in [-0.4, -0.2) is 34.3 Å². The third-order valence-electron chi connectivity index (χ3n) is 3.83. The molecule has 1 saturated heterocycles. The zero-order valence-electron chi connectivity index (χ0n) is 12.1. The summed E-state index contributed by atoms with van der Waals surface area (Å²) >= 11 is 0. The number of carbonyl (C=O) groups is 1. The van der Waals surface area contributed by atoms with Gasteiger partial charge in [-0.15, -0.1) is 0 Å². The summed E-state index contributed by atoms with van der Waals surface area (Å²) in [5.74, 6) is -0.514. The van der Waals surface area contributed by atoms with Crippen LogP contribution in [-0.2, 0) is 20.5 Å². The number of nitrogens with zero attached hydrogens (tertiary/aromatic N) is 1. The number of amides is 1. The molecule has 0 atom stereocenters. The minimum Gasteiger partial charge on any atom is -0.507 e. The number of aromatic hydroxyl groups is 1. The smallest absolute Gasteiger partial charge is 0.498 e. The minimum atomic E-state index is -0.699. The van der Waals surface area contributed by atoms with Crippen LogP contribution in [0.1, 0.15) is 33.4 Å². The maximum absolute atomic E-state index is 10.9. The minimum absolute atomic E-state index is 0.00673. The second-order valence-electron chi connectivity index (χ2n) is 5.97. The molecule has 7 heteroatoms. The number of nitrogens with two attached hydrogens (primary N) is 1. The lowest BCUT2D eigenvalue weighted by Gasteiger charge is -2.32. The summed E-state index contributed by atoms with van der Waals surface area (Å²) < 4.78 is 11.7. The molecule has 1 aliphatic rings. The van der Waals surface area contributed by atoms with Crippen LogP contribution in [0, 0.1) is 0 Å². The Hall–Kier alpha value is -1.60. The molecule has 0 saturated carbocycles. The average molecular weight is 278 g/mol. The van der Waals surface area contributed by atoms with Crippen molar-refractivity contribution < 1.29 is 19.2 Å². The van der Waals surface area contributed by atoms with Gasteiger partial charge in [0.15, 0.2) is 0 Å². The van der Waals surface area contributed by atoms with Gasteiger partial charge >= 0.3 is 7.12 Å². The third-order valence-corrected chi connectivity index (χ3v) is 3.83. The summed E-state index contributed by atoms with van der Waals surface area (Å²) in [5, 5.41) is 9.93. The summed E-state index contributed by atoms with van der Waals surface area (Å²) in [4.78, 5) is 14.9. The van der Waals surface area contributed by atoms with E-state index in [2.05, 4.69) is 4.98 Å². The highest BCUT2D eigenvalue weighted by atomic mass is 16.7. The summed E-state index contributed by atoms with van der Waals surface area (Å²) in [5.41, 5.74) is 5.07. The van der Waals surface area contributed by atoms with Gasteiger partial charge in [0.25, 0.3) is 0 Å². The van der Waals surface area contributed by atoms with E-state index in [1.807, 2.05) is 27.7 Å². The molecule has 108 valence electrons. The first-order valence-corrected chi connectivity index (χ1v) is 6.44. The number of aromatic nitrogens is 1. The van der Waals surface area contributed by atoms with Gasteiger partial charge in [-0.1, -0.05) is 0 Å². The highest BCUT2D eigenvalue weighted by molar-refractivity contribution is 6.63. The standard InChI is InChI=1S/C13H19BN2O4/c1-12(2)13(3,4)20-14(19-12)9-5-8(6-11(15)18)16-7-10(9)17/h5,7,17H,6H2,1-4H3,(H2,15,18). The van der Waals surface area contributed by atoms with Crippen LogP contribution in [0.4, 0.5) is 0 Å². The molecule has 3 N–H and O–H groups in total. The second kappa shape index (κ2) is 4.75. The molecule has 1 aromatic heterocycles. The normalized spacial score (nSPS) is 20.1. The molecular formula is C13H19BN2O4. The number of rotatable bonds is 3. The summed E-state index contributed by atoms with van der Waals surface area (Å²) in [6.45, 7) is 7.70. The van der Waals surface area contributed by atoms with Gasteiger partial charge < -0.3 is 20.1 Å². The molecule has 2 rings (SSSR count). The molecule has 6 nitrogen and oxygen atoms in total. The molecular weight excluding hydrogens is 259 g/mol. The lowest BCUT2D eigenvalue weighted by molar-refractivity contribution is -0.117. The zero-order chi connectivity index (χ0) is 15.1. The van der Waals surface area contributed by atoms with Crippen molar-refractivity contribution in [2.45, 2.75) is 45.3 Å². The Morgan fingerprint density at radius 3 is 2.40 bits per heavy atom. The van der Waals surface area contributed by atoms with Crippen molar-refractivity contribution in [3.05, 3.63) is 18.0 Å². The molecule has 0 unspecified atom stereocenters. The fraction of sp³-hybridized carbons (Fsp3) is 0.538. The van der Waals surface area contributed by atoms with Crippen molar-refractivity contribution in [3.63, 3.8) is 0 Å². The quantitative estimate of drug-likeness (QED) is 0.765. The van der Waals surface area contributed by atoms with E-state index < -0.39 is 24.2 Å². The Kier molecular flexibility index (Phi) is 3.52. The van der Waals surface area contributed by atoms with Gasteiger partial charge in [-0.25, -0.2) is 0 Å². The van der Waals surface area contributed by atoms with E-state index in [0.29, 0.717) is 11.2 Å². The first kappa shape index (κ1) is 14.8. The molecule has 0 bridgehead atoms. The lowest BCUT2D eigenvalue weighted by atomic mass is 9.78. The topological polar surface area (TPSA) is 94.7 Å². The van der Waals surface area contributed by atoms with Crippen molar-refractivity contribution in [1.29, 1.82) is 0 Å². The highest BCUT2D eigenvalue weighted by Gasteiger charge is 2.52. The average Bonchev–Trinajstić information content (AvgIpc) is 2.50. The molecule has 0 aromatic carbocycles. The Balaban J connectivity index is 2.32. The SMILES string of the molecule is CC1(C)OB(c2cc(CC(N)=O)ncc2O)OC1(C)C. The predicted octanol–water partition coefficient (Wildman–Crippen LogP) is 0.114. The number of primary amides is 1. The fourth-order valence-electron chi connectivity index (χ4n) is 1.94. The first-order valence-electron chi connectivity index (χ1n) is 6.44. The molecule has 20 heavy (non-hydrogen) atoms. The van der Waals surface area contributed by atoms with Gasteiger partial charge in [-0.2, -0.15) is 0 Å². The van der Waals surface area contributed by atoms with Crippen molar-refractivity contribution in [2.24, 2.45) is 5.73 Å². The van der Waals surface area contributed by atoms with Crippen LogP contribution in [0.3, 0.4) is 0 Å². The zero-order valence-corrected chi connectivity index (χ0v) is 12.1. The van der Waals surface area contributed by atoms with E-state index in [-0.39, 0.29) is 12.2 Å². The van der Waals surface area contributed by atoms with E-state index in [0.717, 1.165) is 0 Å². The maximum Gasteiger partial charge on any atom is 0.498 e. The van der Waals surface area contributed by atoms with Gasteiger partial charge in [0.2, 0.25) is 5.91 Å². The molecule has 2 heterocycles. The van der Waals surface area contributed by atoms with Gasteiger partial charge in [0.05, 0.1) is 23.8 Å².